The fraction of sp³-hybridized carbons (Fsp3) is 0.464. The van der Waals surface area contributed by atoms with E-state index in [0.29, 0.717) is 17.9 Å². The average molecular weight is 399 g/mol. The van der Waals surface area contributed by atoms with Crippen molar-refractivity contribution in [3.8, 4) is 0 Å². The molecule has 2 heteroatoms. The summed E-state index contributed by atoms with van der Waals surface area (Å²) in [5.74, 6) is 2.45. The van der Waals surface area contributed by atoms with E-state index in [4.69, 9.17) is 4.99 Å². The van der Waals surface area contributed by atoms with Crippen molar-refractivity contribution < 1.29 is 0 Å². The molecule has 0 bridgehead atoms. The fourth-order valence-electron chi connectivity index (χ4n) is 5.63. The van der Waals surface area contributed by atoms with E-state index >= 15 is 0 Å². The van der Waals surface area contributed by atoms with Crippen molar-refractivity contribution in [2.24, 2.45) is 16.8 Å². The summed E-state index contributed by atoms with van der Waals surface area (Å²) in [6.45, 7) is 1.97. The number of allylic oxidation sites excluding steroid dienone is 10. The number of hydrogen-bond donors (Lipinski definition) is 0. The molecule has 4 aliphatic carbocycles. The molecule has 0 fully saturated rings. The maximum absolute atomic E-state index is 5.03. The highest BCUT2D eigenvalue weighted by Crippen LogP contribution is 2.35. The second kappa shape index (κ2) is 9.20. The summed E-state index contributed by atoms with van der Waals surface area (Å²) < 4.78 is 0. The summed E-state index contributed by atoms with van der Waals surface area (Å²) in [7, 11) is 0. The van der Waals surface area contributed by atoms with Gasteiger partial charge in [-0.25, -0.2) is 0 Å². The third kappa shape index (κ3) is 4.10. The van der Waals surface area contributed by atoms with Gasteiger partial charge in [-0.1, -0.05) is 72.4 Å². The Morgan fingerprint density at radius 2 is 1.97 bits per heavy atom. The van der Waals surface area contributed by atoms with Gasteiger partial charge in [0.2, 0.25) is 0 Å². The van der Waals surface area contributed by atoms with Crippen LogP contribution in [-0.2, 0) is 0 Å². The van der Waals surface area contributed by atoms with Crippen LogP contribution in [0, 0.1) is 11.8 Å². The predicted octanol–water partition coefficient (Wildman–Crippen LogP) is 6.48. The second-order valence-electron chi connectivity index (χ2n) is 9.14. The van der Waals surface area contributed by atoms with Crippen LogP contribution in [0.5, 0.6) is 0 Å². The topological polar surface area (TPSA) is 15.6 Å². The third-order valence-electron chi connectivity index (χ3n) is 7.19. The third-order valence-corrected chi connectivity index (χ3v) is 7.19. The van der Waals surface area contributed by atoms with Crippen LogP contribution in [0.25, 0.3) is 0 Å². The summed E-state index contributed by atoms with van der Waals surface area (Å²) in [6, 6.07) is 0.400. The minimum Gasteiger partial charge on any atom is -0.347 e. The van der Waals surface area contributed by atoms with E-state index in [-0.39, 0.29) is 0 Å². The lowest BCUT2D eigenvalue weighted by Gasteiger charge is -2.38. The molecule has 0 aromatic carbocycles. The first-order chi connectivity index (χ1) is 14.9. The molecule has 5 rings (SSSR count). The molecule has 0 saturated heterocycles. The Morgan fingerprint density at radius 1 is 0.967 bits per heavy atom. The van der Waals surface area contributed by atoms with Crippen molar-refractivity contribution in [1.29, 1.82) is 0 Å². The van der Waals surface area contributed by atoms with Gasteiger partial charge in [0, 0.05) is 12.5 Å². The molecule has 156 valence electrons. The quantitative estimate of drug-likeness (QED) is 0.484. The van der Waals surface area contributed by atoms with Crippen molar-refractivity contribution in [3.63, 3.8) is 0 Å². The van der Waals surface area contributed by atoms with Crippen molar-refractivity contribution in [2.45, 2.75) is 57.4 Å². The molecule has 0 spiro atoms. The van der Waals surface area contributed by atoms with Crippen molar-refractivity contribution in [1.82, 2.24) is 4.90 Å². The Bertz CT molecular complexity index is 890. The molecule has 2 unspecified atom stereocenters. The molecule has 30 heavy (non-hydrogen) atoms. The van der Waals surface area contributed by atoms with E-state index in [1.807, 2.05) is 0 Å². The van der Waals surface area contributed by atoms with Crippen molar-refractivity contribution in [3.05, 3.63) is 83.6 Å². The van der Waals surface area contributed by atoms with Crippen LogP contribution in [0.2, 0.25) is 0 Å². The maximum atomic E-state index is 5.03. The summed E-state index contributed by atoms with van der Waals surface area (Å²) in [6.07, 6.45) is 35.6. The lowest BCUT2D eigenvalue weighted by Crippen LogP contribution is -2.44. The lowest BCUT2D eigenvalue weighted by atomic mass is 9.82. The van der Waals surface area contributed by atoms with Crippen LogP contribution < -0.4 is 0 Å². The van der Waals surface area contributed by atoms with Crippen LogP contribution in [0.1, 0.15) is 51.4 Å². The van der Waals surface area contributed by atoms with Gasteiger partial charge in [-0.05, 0) is 68.4 Å². The molecule has 0 N–H and O–H groups in total. The molecule has 0 aromatic heterocycles. The molecular weight excluding hydrogens is 364 g/mol. The number of nitrogens with zero attached hydrogens (tertiary/aromatic N) is 2. The summed E-state index contributed by atoms with van der Waals surface area (Å²) in [4.78, 5) is 7.65. The van der Waals surface area contributed by atoms with Crippen LogP contribution in [0.3, 0.4) is 0 Å². The number of amidine groups is 1. The standard InChI is InChI=1S/C28H34N2/c1-4-10-22(11-5-1)23-16-18-26(19-17-23)28-29-20-21-30(28)27(24-12-6-2-7-13-24)25-14-8-3-9-15-25/h2,4,6-8,10,12,14-16,18,22,24,27H,1,3,5,9,11,13,17,19-21H2/t22?,24-,27?/m0/s1. The first-order valence-corrected chi connectivity index (χ1v) is 12.0. The fourth-order valence-corrected chi connectivity index (χ4v) is 5.63. The van der Waals surface area contributed by atoms with Gasteiger partial charge in [0.1, 0.15) is 5.84 Å². The zero-order chi connectivity index (χ0) is 20.2. The molecule has 2 nitrogen and oxygen atoms in total. The largest absolute Gasteiger partial charge is 0.347 e. The van der Waals surface area contributed by atoms with Gasteiger partial charge < -0.3 is 4.90 Å². The van der Waals surface area contributed by atoms with E-state index in [0.717, 1.165) is 25.9 Å². The van der Waals surface area contributed by atoms with Gasteiger partial charge in [0.05, 0.1) is 12.6 Å². The molecule has 1 aliphatic heterocycles. The Kier molecular flexibility index (Phi) is 6.01. The molecule has 0 saturated carbocycles. The predicted molar refractivity (Wildman–Crippen MR) is 128 cm³/mol. The first-order valence-electron chi connectivity index (χ1n) is 12.0. The van der Waals surface area contributed by atoms with Gasteiger partial charge in [-0.3, -0.25) is 4.99 Å². The molecule has 0 amide bonds. The molecule has 3 atom stereocenters. The Morgan fingerprint density at radius 3 is 2.70 bits per heavy atom. The Labute approximate surface area is 181 Å². The highest BCUT2D eigenvalue weighted by molar-refractivity contribution is 6.00. The molecular formula is C28H34N2. The minimum absolute atomic E-state index is 0.400. The van der Waals surface area contributed by atoms with Gasteiger partial charge in [0.25, 0.3) is 0 Å². The molecule has 0 radical (unpaired) electrons. The molecule has 1 heterocycles. The highest BCUT2D eigenvalue weighted by Gasteiger charge is 2.34. The Balaban J connectivity index is 1.40. The van der Waals surface area contributed by atoms with Crippen LogP contribution >= 0.6 is 0 Å². The van der Waals surface area contributed by atoms with Gasteiger partial charge in [-0.2, -0.15) is 0 Å². The lowest BCUT2D eigenvalue weighted by molar-refractivity contribution is 0.311. The monoisotopic (exact) mass is 398 g/mol. The zero-order valence-corrected chi connectivity index (χ0v) is 18.0. The van der Waals surface area contributed by atoms with E-state index < -0.39 is 0 Å². The van der Waals surface area contributed by atoms with E-state index in [2.05, 4.69) is 71.7 Å². The minimum atomic E-state index is 0.400. The normalized spacial score (nSPS) is 29.4. The van der Waals surface area contributed by atoms with Gasteiger partial charge >= 0.3 is 0 Å². The van der Waals surface area contributed by atoms with E-state index in [9.17, 15) is 0 Å². The zero-order valence-electron chi connectivity index (χ0n) is 18.0. The van der Waals surface area contributed by atoms with Gasteiger partial charge in [0.15, 0.2) is 0 Å². The van der Waals surface area contributed by atoms with E-state index in [1.165, 1.54) is 55.5 Å². The smallest absolute Gasteiger partial charge is 0.127 e. The van der Waals surface area contributed by atoms with E-state index in [1.54, 1.807) is 5.57 Å². The van der Waals surface area contributed by atoms with Crippen LogP contribution in [-0.4, -0.2) is 29.9 Å². The Hall–Kier alpha value is -2.35. The first kappa shape index (κ1) is 19.6. The maximum Gasteiger partial charge on any atom is 0.127 e. The average Bonchev–Trinajstić information content (AvgIpc) is 3.31. The van der Waals surface area contributed by atoms with Crippen molar-refractivity contribution >= 4 is 5.84 Å². The summed E-state index contributed by atoms with van der Waals surface area (Å²) in [5, 5.41) is 0. The number of hydrogen-bond acceptors (Lipinski definition) is 2. The second-order valence-corrected chi connectivity index (χ2v) is 9.14. The highest BCUT2D eigenvalue weighted by atomic mass is 15.3. The summed E-state index contributed by atoms with van der Waals surface area (Å²) >= 11 is 0. The van der Waals surface area contributed by atoms with Crippen LogP contribution in [0.4, 0.5) is 0 Å². The number of rotatable bonds is 5. The van der Waals surface area contributed by atoms with Crippen LogP contribution in [0.15, 0.2) is 88.5 Å². The summed E-state index contributed by atoms with van der Waals surface area (Å²) in [5.41, 5.74) is 4.55. The molecule has 0 aromatic rings. The molecule has 5 aliphatic rings. The van der Waals surface area contributed by atoms with Crippen molar-refractivity contribution in [2.75, 3.05) is 13.1 Å². The van der Waals surface area contributed by atoms with Gasteiger partial charge in [-0.15, -0.1) is 0 Å². The SMILES string of the molecule is C1=CC[C@@H](C(C2=CCCC=C2)N2CCN=C2C2=CC=C(C3C=CCCC3)CC2)C=C1. The number of aliphatic imine (C=N–C) groups is 1.